The molecule has 0 N–H and O–H groups in total. The van der Waals surface area contributed by atoms with Crippen LogP contribution in [0.1, 0.15) is 97.8 Å². The molecule has 0 aliphatic carbocycles. The summed E-state index contributed by atoms with van der Waals surface area (Å²) >= 11 is 0. The fourth-order valence-electron chi connectivity index (χ4n) is 1.98. The first kappa shape index (κ1) is 22.2. The number of hydrogen-bond donors (Lipinski definition) is 0. The van der Waals surface area contributed by atoms with E-state index in [0.717, 1.165) is 38.9 Å². The van der Waals surface area contributed by atoms with Crippen LogP contribution in [0.2, 0.25) is 0 Å². The highest BCUT2D eigenvalue weighted by atomic mass is 16.5. The molecule has 1 radical (unpaired) electrons. The Kier molecular flexibility index (Phi) is 26.6. The molecular weight excluding hydrogens is 248 g/mol. The maximum absolute atomic E-state index is 10.1. The molecule has 0 unspecified atom stereocenters. The van der Waals surface area contributed by atoms with Crippen LogP contribution in [0.5, 0.6) is 0 Å². The predicted molar refractivity (Wildman–Crippen MR) is 88.8 cm³/mol. The highest BCUT2D eigenvalue weighted by Crippen LogP contribution is 2.10. The van der Waals surface area contributed by atoms with Crippen molar-refractivity contribution < 1.29 is 9.84 Å². The summed E-state index contributed by atoms with van der Waals surface area (Å²) in [6, 6.07) is 0. The molecule has 0 saturated heterocycles. The second-order valence-electron chi connectivity index (χ2n) is 5.50. The summed E-state index contributed by atoms with van der Waals surface area (Å²) in [7, 11) is 0. The average molecular weight is 288 g/mol. The molecule has 0 heterocycles. The molecule has 2 heteroatoms. The van der Waals surface area contributed by atoms with Crippen molar-refractivity contribution in [3.63, 3.8) is 0 Å². The SMILES string of the molecule is CCCCCCCCCCCC[O].CCCOCCC. The van der Waals surface area contributed by atoms with Crippen molar-refractivity contribution in [2.75, 3.05) is 19.8 Å². The van der Waals surface area contributed by atoms with Crippen molar-refractivity contribution in [3.05, 3.63) is 0 Å². The van der Waals surface area contributed by atoms with Gasteiger partial charge >= 0.3 is 0 Å². The van der Waals surface area contributed by atoms with Gasteiger partial charge in [-0.1, -0.05) is 78.6 Å². The van der Waals surface area contributed by atoms with Crippen molar-refractivity contribution >= 4 is 0 Å². The molecule has 0 aliphatic heterocycles. The van der Waals surface area contributed by atoms with Crippen molar-refractivity contribution in [1.29, 1.82) is 0 Å². The second kappa shape index (κ2) is 24.0. The van der Waals surface area contributed by atoms with E-state index in [0.29, 0.717) is 0 Å². The Labute approximate surface area is 128 Å². The van der Waals surface area contributed by atoms with Crippen LogP contribution in [-0.2, 0) is 9.84 Å². The molecule has 0 saturated carbocycles. The molecule has 20 heavy (non-hydrogen) atoms. The summed E-state index contributed by atoms with van der Waals surface area (Å²) in [6.45, 7) is 8.46. The third kappa shape index (κ3) is 26.5. The molecular formula is C18H39O2. The molecule has 0 aliphatic rings. The van der Waals surface area contributed by atoms with Crippen molar-refractivity contribution in [3.8, 4) is 0 Å². The summed E-state index contributed by atoms with van der Waals surface area (Å²) in [6.07, 6.45) is 15.3. The topological polar surface area (TPSA) is 29.1 Å². The third-order valence-corrected chi connectivity index (χ3v) is 3.19. The molecule has 0 atom stereocenters. The lowest BCUT2D eigenvalue weighted by Crippen LogP contribution is -1.92. The molecule has 0 bridgehead atoms. The minimum atomic E-state index is 0.122. The minimum absolute atomic E-state index is 0.122. The van der Waals surface area contributed by atoms with Crippen LogP contribution >= 0.6 is 0 Å². The van der Waals surface area contributed by atoms with Crippen molar-refractivity contribution in [2.45, 2.75) is 97.8 Å². The van der Waals surface area contributed by atoms with E-state index in [1.54, 1.807) is 0 Å². The van der Waals surface area contributed by atoms with Crippen LogP contribution in [0.15, 0.2) is 0 Å². The van der Waals surface area contributed by atoms with Crippen LogP contribution in [-0.4, -0.2) is 19.8 Å². The minimum Gasteiger partial charge on any atom is -0.381 e. The van der Waals surface area contributed by atoms with Gasteiger partial charge in [0.1, 0.15) is 0 Å². The van der Waals surface area contributed by atoms with Gasteiger partial charge in [-0.05, 0) is 19.3 Å². The van der Waals surface area contributed by atoms with E-state index in [1.165, 1.54) is 51.4 Å². The van der Waals surface area contributed by atoms with Crippen molar-refractivity contribution in [2.24, 2.45) is 0 Å². The van der Waals surface area contributed by atoms with Gasteiger partial charge in [-0.3, -0.25) is 0 Å². The van der Waals surface area contributed by atoms with E-state index < -0.39 is 0 Å². The lowest BCUT2D eigenvalue weighted by atomic mass is 10.1. The normalized spacial score (nSPS) is 10.2. The molecule has 0 aromatic heterocycles. The van der Waals surface area contributed by atoms with Gasteiger partial charge in [0, 0.05) is 13.2 Å². The first-order valence-corrected chi connectivity index (χ1v) is 8.99. The number of hydrogen-bond acceptors (Lipinski definition) is 1. The molecule has 123 valence electrons. The van der Waals surface area contributed by atoms with Gasteiger partial charge in [0.15, 0.2) is 0 Å². The van der Waals surface area contributed by atoms with Gasteiger partial charge in [-0.25, -0.2) is 5.11 Å². The smallest absolute Gasteiger partial charge is 0.0822 e. The van der Waals surface area contributed by atoms with E-state index >= 15 is 0 Å². The second-order valence-corrected chi connectivity index (χ2v) is 5.50. The van der Waals surface area contributed by atoms with Crippen LogP contribution in [0.4, 0.5) is 0 Å². The quantitative estimate of drug-likeness (QED) is 0.352. The van der Waals surface area contributed by atoms with E-state index in [-0.39, 0.29) is 6.61 Å². The first-order chi connectivity index (χ1) is 9.83. The standard InChI is InChI=1S/C12H25O.C6H14O/c1-2-3-4-5-6-7-8-9-10-11-12-13;1-3-5-7-6-4-2/h2-12H2,1H3;3-6H2,1-2H3. The summed E-state index contributed by atoms with van der Waals surface area (Å²) < 4.78 is 5.13. The highest BCUT2D eigenvalue weighted by Gasteiger charge is 1.91. The fraction of sp³-hybridized carbons (Fsp3) is 1.00. The van der Waals surface area contributed by atoms with Gasteiger partial charge in [0.05, 0.1) is 6.61 Å². The van der Waals surface area contributed by atoms with Crippen molar-refractivity contribution in [1.82, 2.24) is 0 Å². The van der Waals surface area contributed by atoms with E-state index in [1.807, 2.05) is 0 Å². The third-order valence-electron chi connectivity index (χ3n) is 3.19. The predicted octanol–water partition coefficient (Wildman–Crippen LogP) is 6.16. The summed E-state index contributed by atoms with van der Waals surface area (Å²) in [4.78, 5) is 0. The van der Waals surface area contributed by atoms with Gasteiger partial charge in [0.25, 0.3) is 0 Å². The highest BCUT2D eigenvalue weighted by molar-refractivity contribution is 4.46. The van der Waals surface area contributed by atoms with Gasteiger partial charge in [0.2, 0.25) is 0 Å². The Bertz CT molecular complexity index is 123. The lowest BCUT2D eigenvalue weighted by molar-refractivity contribution is 0.135. The maximum atomic E-state index is 10.1. The van der Waals surface area contributed by atoms with Gasteiger partial charge in [-0.15, -0.1) is 0 Å². The molecule has 0 rings (SSSR count). The zero-order valence-electron chi connectivity index (χ0n) is 14.4. The van der Waals surface area contributed by atoms with E-state index in [2.05, 4.69) is 20.8 Å². The molecule has 0 fully saturated rings. The van der Waals surface area contributed by atoms with Gasteiger partial charge in [-0.2, -0.15) is 0 Å². The monoisotopic (exact) mass is 287 g/mol. The maximum Gasteiger partial charge on any atom is 0.0822 e. The molecule has 0 aromatic rings. The van der Waals surface area contributed by atoms with Crippen LogP contribution in [0.25, 0.3) is 0 Å². The Morgan fingerprint density at radius 1 is 0.550 bits per heavy atom. The summed E-state index contributed by atoms with van der Waals surface area (Å²) in [5.74, 6) is 0. The Balaban J connectivity index is 0. The summed E-state index contributed by atoms with van der Waals surface area (Å²) in [5, 5.41) is 10.1. The Hall–Kier alpha value is -0.0800. The Morgan fingerprint density at radius 2 is 0.950 bits per heavy atom. The molecule has 0 aromatic carbocycles. The van der Waals surface area contributed by atoms with E-state index in [9.17, 15) is 5.11 Å². The average Bonchev–Trinajstić information content (AvgIpc) is 2.47. The number of unbranched alkanes of at least 4 members (excludes halogenated alkanes) is 9. The largest absolute Gasteiger partial charge is 0.381 e. The van der Waals surface area contributed by atoms with Crippen LogP contribution < -0.4 is 0 Å². The van der Waals surface area contributed by atoms with E-state index in [4.69, 9.17) is 4.74 Å². The molecule has 0 spiro atoms. The molecule has 0 amide bonds. The Morgan fingerprint density at radius 3 is 1.30 bits per heavy atom. The summed E-state index contributed by atoms with van der Waals surface area (Å²) in [5.41, 5.74) is 0. The van der Waals surface area contributed by atoms with Crippen LogP contribution in [0.3, 0.4) is 0 Å². The van der Waals surface area contributed by atoms with Crippen LogP contribution in [0, 0.1) is 0 Å². The van der Waals surface area contributed by atoms with Gasteiger partial charge < -0.3 is 4.74 Å². The molecule has 2 nitrogen and oxygen atoms in total. The fourth-order valence-corrected chi connectivity index (χ4v) is 1.98. The lowest BCUT2D eigenvalue weighted by Gasteiger charge is -2.00. The first-order valence-electron chi connectivity index (χ1n) is 8.99. The number of rotatable bonds is 14. The zero-order valence-corrected chi connectivity index (χ0v) is 14.4. The number of ether oxygens (including phenoxy) is 1. The zero-order chi connectivity index (χ0) is 15.3.